The van der Waals surface area contributed by atoms with Gasteiger partial charge in [-0.3, -0.25) is 0 Å². The van der Waals surface area contributed by atoms with Crippen molar-refractivity contribution in [1.29, 1.82) is 0 Å². The molecule has 0 amide bonds. The summed E-state index contributed by atoms with van der Waals surface area (Å²) in [6.45, 7) is 0. The molecule has 2 heterocycles. The van der Waals surface area contributed by atoms with Crippen molar-refractivity contribution in [3.8, 4) is 11.5 Å². The number of halogens is 11. The van der Waals surface area contributed by atoms with Gasteiger partial charge < -0.3 is 20.5 Å². The van der Waals surface area contributed by atoms with Crippen LogP contribution >= 0.6 is 58.0 Å². The summed E-state index contributed by atoms with van der Waals surface area (Å²) in [7, 11) is 0. The molecule has 0 fully saturated rings. The molecule has 0 aliphatic rings. The van der Waals surface area contributed by atoms with E-state index in [1.54, 1.807) is 0 Å². The van der Waals surface area contributed by atoms with E-state index in [-0.39, 0.29) is 43.3 Å². The fraction of sp³-hybridized carbons (Fsp3) is 0.0909. The summed E-state index contributed by atoms with van der Waals surface area (Å²) in [5, 5.41) is 3.60. The second kappa shape index (κ2) is 15.2. The average Bonchev–Trinajstić information content (AvgIpc) is 2.79. The normalized spacial score (nSPS) is 10.9. The van der Waals surface area contributed by atoms with E-state index in [4.69, 9.17) is 63.7 Å². The zero-order valence-electron chi connectivity index (χ0n) is 19.6. The highest BCUT2D eigenvalue weighted by atomic mass is 35.5. The number of rotatable bonds is 4. The highest BCUT2D eigenvalue weighted by Crippen LogP contribution is 2.26. The lowest BCUT2D eigenvalue weighted by Crippen LogP contribution is -2.17. The molecule has 4 rings (SSSR count). The Hall–Kier alpha value is -3.17. The number of hydrogen-bond donors (Lipinski definition) is 2. The van der Waals surface area contributed by atoms with E-state index >= 15 is 0 Å². The van der Waals surface area contributed by atoms with Gasteiger partial charge >= 0.3 is 12.7 Å². The quantitative estimate of drug-likeness (QED) is 0.0949. The fourth-order valence-electron chi connectivity index (χ4n) is 2.35. The Kier molecular flexibility index (Phi) is 12.6. The molecule has 0 unspecified atom stereocenters. The van der Waals surface area contributed by atoms with Crippen molar-refractivity contribution in [3.63, 3.8) is 0 Å². The van der Waals surface area contributed by atoms with Crippen LogP contribution in [0.2, 0.25) is 25.9 Å². The van der Waals surface area contributed by atoms with Gasteiger partial charge in [-0.05, 0) is 60.1 Å². The summed E-state index contributed by atoms with van der Waals surface area (Å²) in [6, 6.07) is 12.8. The van der Waals surface area contributed by atoms with Crippen molar-refractivity contribution in [2.75, 3.05) is 11.1 Å². The van der Waals surface area contributed by atoms with Gasteiger partial charge in [-0.25, -0.2) is 19.9 Å². The van der Waals surface area contributed by atoms with Gasteiger partial charge in [0.25, 0.3) is 0 Å². The van der Waals surface area contributed by atoms with E-state index in [2.05, 4.69) is 34.7 Å². The number of nitrogens with one attached hydrogen (secondary N) is 1. The molecule has 220 valence electrons. The summed E-state index contributed by atoms with van der Waals surface area (Å²) >= 11 is 27.6. The van der Waals surface area contributed by atoms with Crippen LogP contribution in [0.3, 0.4) is 0 Å². The first-order chi connectivity index (χ1) is 19.0. The van der Waals surface area contributed by atoms with Crippen LogP contribution in [0.4, 0.5) is 43.7 Å². The highest BCUT2D eigenvalue weighted by molar-refractivity contribution is 6.35. The topological polar surface area (TPSA) is 108 Å². The molecule has 0 atom stereocenters. The third kappa shape index (κ3) is 14.9. The maximum Gasteiger partial charge on any atom is 0.573 e. The summed E-state index contributed by atoms with van der Waals surface area (Å²) in [6.07, 6.45) is -9.37. The first-order valence-corrected chi connectivity index (χ1v) is 12.2. The number of hydrogen-bond acceptors (Lipinski definition) is 8. The Morgan fingerprint density at radius 2 is 0.951 bits per heavy atom. The number of benzene rings is 2. The largest absolute Gasteiger partial charge is 0.573 e. The van der Waals surface area contributed by atoms with Gasteiger partial charge in [0.05, 0.1) is 0 Å². The molecule has 19 heteroatoms. The Balaban J connectivity index is 0.000000237. The lowest BCUT2D eigenvalue weighted by molar-refractivity contribution is -0.275. The monoisotopic (exact) mass is 682 g/mol. The van der Waals surface area contributed by atoms with Gasteiger partial charge in [-0.1, -0.05) is 46.4 Å². The van der Waals surface area contributed by atoms with Crippen molar-refractivity contribution in [2.45, 2.75) is 12.7 Å². The number of nitrogens with zero attached hydrogens (tertiary/aromatic N) is 4. The SMILES string of the molecule is Clc1cc(Cl)nc(Cl)n1.FC(F)(F)Oc1ccc(Nc2nc(Cl)cc(Cl)n2)cc1.Nc1ccc(OC(F)(F)F)cc1. The Morgan fingerprint density at radius 3 is 1.32 bits per heavy atom. The van der Waals surface area contributed by atoms with Gasteiger partial charge in [-0.2, -0.15) is 0 Å². The maximum atomic E-state index is 12.0. The first-order valence-electron chi connectivity index (χ1n) is 10.3. The minimum absolute atomic E-state index is 0.0625. The third-order valence-electron chi connectivity index (χ3n) is 3.76. The fourth-order valence-corrected chi connectivity index (χ4v) is 3.46. The number of anilines is 3. The van der Waals surface area contributed by atoms with E-state index in [1.807, 2.05) is 0 Å². The maximum absolute atomic E-state index is 12.0. The summed E-state index contributed by atoms with van der Waals surface area (Å²) < 4.78 is 78.1. The summed E-state index contributed by atoms with van der Waals surface area (Å²) in [5.74, 6) is -0.461. The second-order valence-corrected chi connectivity index (χ2v) is 8.82. The van der Waals surface area contributed by atoms with E-state index in [0.717, 1.165) is 24.3 Å². The minimum Gasteiger partial charge on any atom is -0.406 e. The van der Waals surface area contributed by atoms with Crippen molar-refractivity contribution in [2.24, 2.45) is 0 Å². The van der Waals surface area contributed by atoms with Crippen molar-refractivity contribution >= 4 is 75.3 Å². The van der Waals surface area contributed by atoms with Gasteiger partial charge in [0, 0.05) is 23.5 Å². The van der Waals surface area contributed by atoms with Gasteiger partial charge in [0.2, 0.25) is 11.2 Å². The molecule has 0 aliphatic carbocycles. The minimum atomic E-state index is -4.72. The second-order valence-electron chi connectivity index (χ2n) is 6.93. The molecule has 0 aliphatic heterocycles. The molecule has 41 heavy (non-hydrogen) atoms. The van der Waals surface area contributed by atoms with Gasteiger partial charge in [-0.15, -0.1) is 26.3 Å². The molecule has 0 saturated heterocycles. The standard InChI is InChI=1S/C11H6Cl2F3N3O.C7H6F3NO.C4HCl3N2/c12-8-5-9(13)19-10(18-8)17-6-1-3-7(4-2-6)20-11(14,15)16;8-7(9,10)12-6-3-1-5(11)2-4-6;5-2-1-3(6)9-4(7)8-2/h1-5H,(H,17,18,19);1-4H,11H2;1H. The number of nitrogens with two attached hydrogens (primary N) is 1. The lowest BCUT2D eigenvalue weighted by Gasteiger charge is -2.10. The van der Waals surface area contributed by atoms with Crippen molar-refractivity contribution in [1.82, 2.24) is 19.9 Å². The predicted molar refractivity (Wildman–Crippen MR) is 143 cm³/mol. The van der Waals surface area contributed by atoms with Gasteiger partial charge in [0.15, 0.2) is 0 Å². The van der Waals surface area contributed by atoms with E-state index in [0.29, 0.717) is 11.4 Å². The Bertz CT molecular complexity index is 1340. The number of alkyl halides is 6. The number of nitrogen functional groups attached to an aromatic ring is 1. The summed E-state index contributed by atoms with van der Waals surface area (Å²) in [5.41, 5.74) is 6.10. The van der Waals surface area contributed by atoms with Crippen LogP contribution in [0, 0.1) is 0 Å². The molecule has 0 bridgehead atoms. The zero-order chi connectivity index (χ0) is 30.8. The molecule has 0 saturated carbocycles. The zero-order valence-corrected chi connectivity index (χ0v) is 23.4. The third-order valence-corrected chi connectivity index (χ3v) is 4.70. The van der Waals surface area contributed by atoms with Crippen LogP contribution in [0.15, 0.2) is 60.7 Å². The number of aromatic nitrogens is 4. The molecule has 0 spiro atoms. The first kappa shape index (κ1) is 34.0. The molecule has 2 aromatic heterocycles. The molecule has 0 radical (unpaired) electrons. The Labute approximate surface area is 252 Å². The summed E-state index contributed by atoms with van der Waals surface area (Å²) in [4.78, 5) is 14.9. The average molecular weight is 685 g/mol. The molecule has 8 nitrogen and oxygen atoms in total. The van der Waals surface area contributed by atoms with Crippen LogP contribution in [-0.2, 0) is 0 Å². The van der Waals surface area contributed by atoms with Crippen molar-refractivity contribution < 1.29 is 35.8 Å². The molecule has 2 aromatic carbocycles. The van der Waals surface area contributed by atoms with Crippen LogP contribution in [0.5, 0.6) is 11.5 Å². The van der Waals surface area contributed by atoms with Crippen molar-refractivity contribution in [3.05, 3.63) is 86.6 Å². The predicted octanol–water partition coefficient (Wildman–Crippen LogP) is 9.03. The highest BCUT2D eigenvalue weighted by Gasteiger charge is 2.31. The van der Waals surface area contributed by atoms with E-state index in [1.165, 1.54) is 36.4 Å². The molecular weight excluding hydrogens is 672 g/mol. The van der Waals surface area contributed by atoms with Crippen LogP contribution in [0.1, 0.15) is 0 Å². The van der Waals surface area contributed by atoms with Crippen LogP contribution < -0.4 is 20.5 Å². The van der Waals surface area contributed by atoms with E-state index in [9.17, 15) is 26.3 Å². The molecule has 4 aromatic rings. The Morgan fingerprint density at radius 1 is 0.585 bits per heavy atom. The lowest BCUT2D eigenvalue weighted by atomic mass is 10.3. The number of ether oxygens (including phenoxy) is 2. The van der Waals surface area contributed by atoms with E-state index < -0.39 is 12.7 Å². The van der Waals surface area contributed by atoms with Crippen LogP contribution in [0.25, 0.3) is 0 Å². The smallest absolute Gasteiger partial charge is 0.406 e. The molecular formula is C22H13Cl5F6N6O2. The van der Waals surface area contributed by atoms with Crippen LogP contribution in [-0.4, -0.2) is 32.7 Å². The van der Waals surface area contributed by atoms with Gasteiger partial charge in [0.1, 0.15) is 32.1 Å². The molecule has 3 N–H and O–H groups in total.